The predicted octanol–water partition coefficient (Wildman–Crippen LogP) is 3.50. The number of ether oxygens (including phenoxy) is 3. The van der Waals surface area contributed by atoms with E-state index >= 15 is 0 Å². The van der Waals surface area contributed by atoms with Gasteiger partial charge in [0.2, 0.25) is 0 Å². The van der Waals surface area contributed by atoms with Crippen molar-refractivity contribution in [3.05, 3.63) is 29.8 Å². The van der Waals surface area contributed by atoms with Gasteiger partial charge in [-0.15, -0.1) is 0 Å². The Labute approximate surface area is 116 Å². The Kier molecular flexibility index (Phi) is 5.06. The molecule has 0 aliphatic carbocycles. The molecule has 1 saturated heterocycles. The van der Waals surface area contributed by atoms with E-state index in [4.69, 9.17) is 14.2 Å². The number of rotatable bonds is 6. The molecule has 17 heavy (non-hydrogen) atoms. The van der Waals surface area contributed by atoms with Crippen LogP contribution in [0.2, 0.25) is 0 Å². The molecule has 1 aliphatic rings. The van der Waals surface area contributed by atoms with Crippen molar-refractivity contribution in [1.82, 2.24) is 0 Å². The fourth-order valence-corrected chi connectivity index (χ4v) is 2.22. The van der Waals surface area contributed by atoms with Gasteiger partial charge in [-0.05, 0) is 66.5 Å². The zero-order chi connectivity index (χ0) is 12.1. The molecule has 1 aromatic carbocycles. The van der Waals surface area contributed by atoms with Crippen molar-refractivity contribution in [3.63, 3.8) is 0 Å². The monoisotopic (exact) mass is 348 g/mol. The molecule has 0 saturated carbocycles. The van der Waals surface area contributed by atoms with E-state index in [0.717, 1.165) is 25.0 Å². The maximum atomic E-state index is 5.39. The summed E-state index contributed by atoms with van der Waals surface area (Å²) in [4.78, 5) is 0. The molecular weight excluding hydrogens is 331 g/mol. The van der Waals surface area contributed by atoms with Gasteiger partial charge >= 0.3 is 0 Å². The summed E-state index contributed by atoms with van der Waals surface area (Å²) in [5, 5.41) is 0. The summed E-state index contributed by atoms with van der Waals surface area (Å²) in [6.07, 6.45) is 3.12. The molecule has 4 heteroatoms. The molecular formula is C13H17IO3. The van der Waals surface area contributed by atoms with Crippen LogP contribution in [0.25, 0.3) is 0 Å². The zero-order valence-corrected chi connectivity index (χ0v) is 12.1. The highest BCUT2D eigenvalue weighted by atomic mass is 127. The number of hydrogen-bond donors (Lipinski definition) is 0. The third-order valence-electron chi connectivity index (χ3n) is 2.74. The Morgan fingerprint density at radius 1 is 1.24 bits per heavy atom. The average Bonchev–Trinajstić information content (AvgIpc) is 2.29. The fraction of sp³-hybridized carbons (Fsp3) is 0.538. The summed E-state index contributed by atoms with van der Waals surface area (Å²) in [5.41, 5.74) is 1.33. The third-order valence-corrected chi connectivity index (χ3v) is 3.05. The molecule has 0 bridgehead atoms. The Hall–Kier alpha value is -0.330. The lowest BCUT2D eigenvalue weighted by atomic mass is 10.1. The summed E-state index contributed by atoms with van der Waals surface area (Å²) in [5.74, 6) is 0.933. The SMILES string of the molecule is CC1OC(CCCc2ccc(OCI)cc2)O1. The van der Waals surface area contributed by atoms with Gasteiger partial charge in [0.15, 0.2) is 12.6 Å². The highest BCUT2D eigenvalue weighted by Gasteiger charge is 2.25. The minimum atomic E-state index is -0.00953. The quantitative estimate of drug-likeness (QED) is 0.582. The molecule has 1 aromatic rings. The molecule has 2 rings (SSSR count). The molecule has 0 atom stereocenters. The van der Waals surface area contributed by atoms with Gasteiger partial charge in [-0.2, -0.15) is 0 Å². The van der Waals surface area contributed by atoms with Crippen LogP contribution in [0, 0.1) is 0 Å². The Morgan fingerprint density at radius 3 is 2.53 bits per heavy atom. The summed E-state index contributed by atoms with van der Waals surface area (Å²) in [6.45, 7) is 1.92. The Bertz CT molecular complexity index is 333. The van der Waals surface area contributed by atoms with Crippen LogP contribution in [0.15, 0.2) is 24.3 Å². The van der Waals surface area contributed by atoms with Crippen LogP contribution in [-0.4, -0.2) is 17.2 Å². The first-order valence-electron chi connectivity index (χ1n) is 5.86. The van der Waals surface area contributed by atoms with Crippen molar-refractivity contribution < 1.29 is 14.2 Å². The molecule has 1 aliphatic heterocycles. The number of benzene rings is 1. The summed E-state index contributed by atoms with van der Waals surface area (Å²) in [6, 6.07) is 8.28. The molecule has 0 radical (unpaired) electrons. The summed E-state index contributed by atoms with van der Waals surface area (Å²) >= 11 is 2.19. The maximum absolute atomic E-state index is 5.39. The first-order chi connectivity index (χ1) is 8.28. The first-order valence-corrected chi connectivity index (χ1v) is 7.39. The normalized spacial score (nSPS) is 23.2. The van der Waals surface area contributed by atoms with E-state index in [1.807, 2.05) is 19.1 Å². The summed E-state index contributed by atoms with van der Waals surface area (Å²) < 4.78 is 16.8. The lowest BCUT2D eigenvalue weighted by molar-refractivity contribution is -0.377. The molecule has 0 amide bonds. The van der Waals surface area contributed by atoms with Crippen LogP contribution in [0.1, 0.15) is 25.3 Å². The molecule has 3 nitrogen and oxygen atoms in total. The van der Waals surface area contributed by atoms with Crippen molar-refractivity contribution in [2.45, 2.75) is 38.8 Å². The van der Waals surface area contributed by atoms with Gasteiger partial charge in [0.1, 0.15) is 10.4 Å². The number of aryl methyl sites for hydroxylation is 1. The molecule has 1 heterocycles. The van der Waals surface area contributed by atoms with Gasteiger partial charge in [-0.1, -0.05) is 12.1 Å². The van der Waals surface area contributed by atoms with Gasteiger partial charge in [0.25, 0.3) is 0 Å². The van der Waals surface area contributed by atoms with Gasteiger partial charge in [0, 0.05) is 0 Å². The van der Waals surface area contributed by atoms with E-state index in [1.165, 1.54) is 5.56 Å². The van der Waals surface area contributed by atoms with E-state index in [2.05, 4.69) is 34.7 Å². The van der Waals surface area contributed by atoms with E-state index in [0.29, 0.717) is 4.61 Å². The smallest absolute Gasteiger partial charge is 0.163 e. The Balaban J connectivity index is 1.68. The van der Waals surface area contributed by atoms with Crippen LogP contribution in [-0.2, 0) is 15.9 Å². The van der Waals surface area contributed by atoms with Crippen molar-refractivity contribution in [3.8, 4) is 5.75 Å². The van der Waals surface area contributed by atoms with Gasteiger partial charge in [0.05, 0.1) is 0 Å². The van der Waals surface area contributed by atoms with Crippen molar-refractivity contribution in [2.75, 3.05) is 4.61 Å². The minimum Gasteiger partial charge on any atom is -0.483 e. The van der Waals surface area contributed by atoms with Crippen molar-refractivity contribution >= 4 is 22.6 Å². The van der Waals surface area contributed by atoms with Crippen LogP contribution in [0.5, 0.6) is 5.75 Å². The zero-order valence-electron chi connectivity index (χ0n) is 9.90. The predicted molar refractivity (Wildman–Crippen MR) is 74.3 cm³/mol. The molecule has 0 unspecified atom stereocenters. The van der Waals surface area contributed by atoms with Gasteiger partial charge in [-0.25, -0.2) is 0 Å². The van der Waals surface area contributed by atoms with Crippen molar-refractivity contribution in [2.24, 2.45) is 0 Å². The molecule has 0 aromatic heterocycles. The van der Waals surface area contributed by atoms with E-state index in [-0.39, 0.29) is 12.6 Å². The minimum absolute atomic E-state index is 0.00953. The lowest BCUT2D eigenvalue weighted by Gasteiger charge is -2.33. The van der Waals surface area contributed by atoms with E-state index in [1.54, 1.807) is 0 Å². The number of alkyl halides is 1. The first kappa shape index (κ1) is 13.1. The fourth-order valence-electron chi connectivity index (χ4n) is 1.86. The van der Waals surface area contributed by atoms with E-state index < -0.39 is 0 Å². The maximum Gasteiger partial charge on any atom is 0.163 e. The average molecular weight is 348 g/mol. The standard InChI is InChI=1S/C13H17IO3/c1-10-16-13(17-10)4-2-3-11-5-7-12(8-6-11)15-9-14/h5-8,10,13H,2-4,9H2,1H3. The largest absolute Gasteiger partial charge is 0.483 e. The topological polar surface area (TPSA) is 27.7 Å². The number of hydrogen-bond acceptors (Lipinski definition) is 3. The van der Waals surface area contributed by atoms with Crippen LogP contribution in [0.4, 0.5) is 0 Å². The Morgan fingerprint density at radius 2 is 1.94 bits per heavy atom. The molecule has 0 N–H and O–H groups in total. The second-order valence-electron chi connectivity index (χ2n) is 4.06. The highest BCUT2D eigenvalue weighted by molar-refractivity contribution is 14.1. The van der Waals surface area contributed by atoms with Crippen LogP contribution in [0.3, 0.4) is 0 Å². The number of halogens is 1. The summed E-state index contributed by atoms with van der Waals surface area (Å²) in [7, 11) is 0. The van der Waals surface area contributed by atoms with Crippen LogP contribution < -0.4 is 4.74 Å². The molecule has 0 spiro atoms. The second-order valence-corrected chi connectivity index (χ2v) is 4.68. The van der Waals surface area contributed by atoms with Crippen molar-refractivity contribution in [1.29, 1.82) is 0 Å². The highest BCUT2D eigenvalue weighted by Crippen LogP contribution is 2.21. The van der Waals surface area contributed by atoms with Crippen LogP contribution >= 0.6 is 22.6 Å². The van der Waals surface area contributed by atoms with Gasteiger partial charge in [-0.3, -0.25) is 0 Å². The third kappa shape index (κ3) is 4.12. The van der Waals surface area contributed by atoms with E-state index in [9.17, 15) is 0 Å². The lowest BCUT2D eigenvalue weighted by Crippen LogP contribution is -2.38. The molecule has 94 valence electrons. The van der Waals surface area contributed by atoms with Gasteiger partial charge < -0.3 is 14.2 Å². The second kappa shape index (κ2) is 6.56. The molecule has 1 fully saturated rings.